The molecule has 0 aromatic heterocycles. The number of carbonyl (C=O) groups is 1. The maximum atomic E-state index is 10.8. The summed E-state index contributed by atoms with van der Waals surface area (Å²) < 4.78 is 0. The fourth-order valence-electron chi connectivity index (χ4n) is 1.07. The van der Waals surface area contributed by atoms with Crippen molar-refractivity contribution in [1.82, 2.24) is 0 Å². The van der Waals surface area contributed by atoms with Gasteiger partial charge >= 0.3 is 0 Å². The average Bonchev–Trinajstić information content (AvgIpc) is 2.18. The lowest BCUT2D eigenvalue weighted by Gasteiger charge is -2.00. The molecule has 0 aromatic carbocycles. The third-order valence-electron chi connectivity index (χ3n) is 1.59. The number of nitrogens with zero attached hydrogens (tertiary/aromatic N) is 1. The van der Waals surface area contributed by atoms with Crippen molar-refractivity contribution in [3.8, 4) is 0 Å². The molecule has 2 heteroatoms. The van der Waals surface area contributed by atoms with Gasteiger partial charge in [0, 0.05) is 12.1 Å². The van der Waals surface area contributed by atoms with Crippen LogP contribution in [0, 0.1) is 5.92 Å². The molecule has 1 rings (SSSR count). The second-order valence-electron chi connectivity index (χ2n) is 2.37. The molecule has 1 aliphatic heterocycles. The number of carbonyl (C=O) groups excluding carboxylic acids is 1. The van der Waals surface area contributed by atoms with Gasteiger partial charge in [0.25, 0.3) is 0 Å². The molecule has 0 bridgehead atoms. The Morgan fingerprint density at radius 1 is 1.89 bits per heavy atom. The second kappa shape index (κ2) is 2.76. The SMILES string of the molecule is CCCC1CC=NC1=O. The van der Waals surface area contributed by atoms with Crippen LogP contribution in [-0.2, 0) is 4.79 Å². The summed E-state index contributed by atoms with van der Waals surface area (Å²) in [4.78, 5) is 14.4. The third kappa shape index (κ3) is 1.37. The van der Waals surface area contributed by atoms with Crippen LogP contribution in [0.1, 0.15) is 26.2 Å². The van der Waals surface area contributed by atoms with E-state index in [4.69, 9.17) is 0 Å². The molecule has 1 amide bonds. The van der Waals surface area contributed by atoms with Gasteiger partial charge in [-0.25, -0.2) is 4.99 Å². The summed E-state index contributed by atoms with van der Waals surface area (Å²) in [6.07, 6.45) is 4.67. The Hall–Kier alpha value is -0.660. The Balaban J connectivity index is 2.37. The van der Waals surface area contributed by atoms with Gasteiger partial charge < -0.3 is 0 Å². The van der Waals surface area contributed by atoms with Crippen molar-refractivity contribution in [2.24, 2.45) is 10.9 Å². The van der Waals surface area contributed by atoms with Crippen LogP contribution in [0.2, 0.25) is 0 Å². The number of aliphatic imine (C=N–C) groups is 1. The maximum absolute atomic E-state index is 10.8. The normalized spacial score (nSPS) is 25.4. The summed E-state index contributed by atoms with van der Waals surface area (Å²) in [6, 6.07) is 0. The Kier molecular flexibility index (Phi) is 1.98. The van der Waals surface area contributed by atoms with Gasteiger partial charge in [-0.15, -0.1) is 0 Å². The minimum Gasteiger partial charge on any atom is -0.272 e. The first-order chi connectivity index (χ1) is 4.34. The molecular formula is C7H11NO. The number of rotatable bonds is 2. The number of hydrogen-bond acceptors (Lipinski definition) is 1. The lowest BCUT2D eigenvalue weighted by molar-refractivity contribution is -0.120. The van der Waals surface area contributed by atoms with Gasteiger partial charge in [0.05, 0.1) is 0 Å². The van der Waals surface area contributed by atoms with Crippen molar-refractivity contribution in [3.05, 3.63) is 0 Å². The van der Waals surface area contributed by atoms with Gasteiger partial charge in [0.1, 0.15) is 0 Å². The van der Waals surface area contributed by atoms with Crippen molar-refractivity contribution in [2.75, 3.05) is 0 Å². The Morgan fingerprint density at radius 3 is 3.11 bits per heavy atom. The van der Waals surface area contributed by atoms with Crippen molar-refractivity contribution in [2.45, 2.75) is 26.2 Å². The fourth-order valence-corrected chi connectivity index (χ4v) is 1.07. The van der Waals surface area contributed by atoms with E-state index in [-0.39, 0.29) is 11.8 Å². The zero-order valence-corrected chi connectivity index (χ0v) is 5.63. The van der Waals surface area contributed by atoms with E-state index in [2.05, 4.69) is 11.9 Å². The molecule has 1 heterocycles. The maximum Gasteiger partial charge on any atom is 0.248 e. The Labute approximate surface area is 55.0 Å². The van der Waals surface area contributed by atoms with Crippen LogP contribution < -0.4 is 0 Å². The van der Waals surface area contributed by atoms with Crippen molar-refractivity contribution in [1.29, 1.82) is 0 Å². The summed E-state index contributed by atoms with van der Waals surface area (Å²) in [5.74, 6) is 0.298. The first-order valence-corrected chi connectivity index (χ1v) is 3.41. The summed E-state index contributed by atoms with van der Waals surface area (Å²) >= 11 is 0. The Morgan fingerprint density at radius 2 is 2.67 bits per heavy atom. The molecule has 0 fully saturated rings. The number of amides is 1. The van der Waals surface area contributed by atoms with Gasteiger partial charge in [-0.3, -0.25) is 4.79 Å². The molecule has 0 saturated carbocycles. The van der Waals surface area contributed by atoms with Crippen molar-refractivity contribution in [3.63, 3.8) is 0 Å². The van der Waals surface area contributed by atoms with Crippen LogP contribution in [-0.4, -0.2) is 12.1 Å². The second-order valence-corrected chi connectivity index (χ2v) is 2.37. The predicted octanol–water partition coefficient (Wildman–Crippen LogP) is 1.40. The topological polar surface area (TPSA) is 29.4 Å². The molecule has 0 radical (unpaired) electrons. The van der Waals surface area contributed by atoms with E-state index in [0.29, 0.717) is 0 Å². The smallest absolute Gasteiger partial charge is 0.248 e. The fraction of sp³-hybridized carbons (Fsp3) is 0.714. The lowest BCUT2D eigenvalue weighted by Crippen LogP contribution is -2.05. The van der Waals surface area contributed by atoms with Gasteiger partial charge in [-0.1, -0.05) is 13.3 Å². The zero-order chi connectivity index (χ0) is 6.69. The average molecular weight is 125 g/mol. The van der Waals surface area contributed by atoms with E-state index >= 15 is 0 Å². The minimum absolute atomic E-state index is 0.0804. The minimum atomic E-state index is 0.0804. The summed E-state index contributed by atoms with van der Waals surface area (Å²) in [5, 5.41) is 0. The molecule has 0 aliphatic carbocycles. The monoisotopic (exact) mass is 125 g/mol. The molecule has 1 atom stereocenters. The quantitative estimate of drug-likeness (QED) is 0.548. The molecule has 0 N–H and O–H groups in total. The Bertz CT molecular complexity index is 140. The van der Waals surface area contributed by atoms with Crippen LogP contribution in [0.4, 0.5) is 0 Å². The summed E-state index contributed by atoms with van der Waals surface area (Å²) in [5.41, 5.74) is 0. The zero-order valence-electron chi connectivity index (χ0n) is 5.63. The van der Waals surface area contributed by atoms with Gasteiger partial charge in [-0.2, -0.15) is 0 Å². The van der Waals surface area contributed by atoms with Gasteiger partial charge in [-0.05, 0) is 12.8 Å². The summed E-state index contributed by atoms with van der Waals surface area (Å²) in [7, 11) is 0. The van der Waals surface area contributed by atoms with E-state index in [1.165, 1.54) is 0 Å². The van der Waals surface area contributed by atoms with E-state index in [1.807, 2.05) is 0 Å². The molecular weight excluding hydrogens is 114 g/mol. The molecule has 0 spiro atoms. The molecule has 1 unspecified atom stereocenters. The first-order valence-electron chi connectivity index (χ1n) is 3.41. The molecule has 0 aromatic rings. The van der Waals surface area contributed by atoms with Crippen LogP contribution in [0.3, 0.4) is 0 Å². The number of hydrogen-bond donors (Lipinski definition) is 0. The largest absolute Gasteiger partial charge is 0.272 e. The van der Waals surface area contributed by atoms with E-state index in [1.54, 1.807) is 6.21 Å². The molecule has 1 aliphatic rings. The van der Waals surface area contributed by atoms with Crippen LogP contribution in [0.15, 0.2) is 4.99 Å². The van der Waals surface area contributed by atoms with Crippen molar-refractivity contribution < 1.29 is 4.79 Å². The molecule has 2 nitrogen and oxygen atoms in total. The third-order valence-corrected chi connectivity index (χ3v) is 1.59. The molecule has 9 heavy (non-hydrogen) atoms. The lowest BCUT2D eigenvalue weighted by atomic mass is 10.0. The molecule has 50 valence electrons. The summed E-state index contributed by atoms with van der Waals surface area (Å²) in [6.45, 7) is 2.09. The highest BCUT2D eigenvalue weighted by Crippen LogP contribution is 2.15. The van der Waals surface area contributed by atoms with Crippen molar-refractivity contribution >= 4 is 12.1 Å². The van der Waals surface area contributed by atoms with Crippen LogP contribution in [0.25, 0.3) is 0 Å². The highest BCUT2D eigenvalue weighted by molar-refractivity contribution is 5.93. The van der Waals surface area contributed by atoms with Gasteiger partial charge in [0.15, 0.2) is 0 Å². The van der Waals surface area contributed by atoms with E-state index < -0.39 is 0 Å². The standard InChI is InChI=1S/C7H11NO/c1-2-3-6-4-5-8-7(6)9/h5-6H,2-4H2,1H3. The van der Waals surface area contributed by atoms with Gasteiger partial charge in [0.2, 0.25) is 5.91 Å². The highest BCUT2D eigenvalue weighted by Gasteiger charge is 2.19. The predicted molar refractivity (Wildman–Crippen MR) is 36.5 cm³/mol. The van der Waals surface area contributed by atoms with Crippen LogP contribution in [0.5, 0.6) is 0 Å². The van der Waals surface area contributed by atoms with Crippen LogP contribution >= 0.6 is 0 Å². The molecule has 0 saturated heterocycles. The van der Waals surface area contributed by atoms with E-state index in [0.717, 1.165) is 19.3 Å². The highest BCUT2D eigenvalue weighted by atomic mass is 16.1. The first kappa shape index (κ1) is 6.46. The van der Waals surface area contributed by atoms with E-state index in [9.17, 15) is 4.79 Å².